The van der Waals surface area contributed by atoms with Gasteiger partial charge in [0.2, 0.25) is 4.77 Å². The molecule has 3 nitrogen and oxygen atoms in total. The fraction of sp³-hybridized carbons (Fsp3) is 0.500. The molecular formula is C4H5F2N3S. The number of nitrogens with zero attached hydrogens (tertiary/aromatic N) is 1. The molecule has 0 aliphatic rings. The molecule has 0 saturated heterocycles. The molecule has 2 N–H and O–H groups in total. The zero-order valence-electron chi connectivity index (χ0n) is 5.11. The van der Waals surface area contributed by atoms with Gasteiger partial charge in [-0.3, -0.25) is 10.2 Å². The first-order chi connectivity index (χ1) is 4.50. The molecule has 0 aliphatic heterocycles. The van der Waals surface area contributed by atoms with Gasteiger partial charge in [0, 0.05) is 6.92 Å². The van der Waals surface area contributed by atoms with Crippen molar-refractivity contribution >= 4 is 12.2 Å². The highest BCUT2D eigenvalue weighted by molar-refractivity contribution is 7.71. The highest BCUT2D eigenvalue weighted by atomic mass is 32.1. The Morgan fingerprint density at radius 2 is 2.10 bits per heavy atom. The van der Waals surface area contributed by atoms with Crippen molar-refractivity contribution in [3.8, 4) is 0 Å². The topological polar surface area (TPSA) is 44.5 Å². The molecule has 1 aromatic heterocycles. The largest absolute Gasteiger partial charge is 0.303 e. The normalized spacial score (nSPS) is 11.9. The van der Waals surface area contributed by atoms with Crippen LogP contribution in [0.5, 0.6) is 0 Å². The van der Waals surface area contributed by atoms with Gasteiger partial charge in [-0.25, -0.2) is 0 Å². The van der Waals surface area contributed by atoms with Gasteiger partial charge >= 0.3 is 5.92 Å². The molecule has 0 aromatic carbocycles. The molecule has 0 bridgehead atoms. The van der Waals surface area contributed by atoms with E-state index in [9.17, 15) is 8.78 Å². The molecule has 1 rings (SSSR count). The molecule has 0 fully saturated rings. The Balaban J connectivity index is 3.07. The number of hydrogen-bond donors (Lipinski definition) is 2. The predicted molar refractivity (Wildman–Crippen MR) is 33.3 cm³/mol. The van der Waals surface area contributed by atoms with E-state index in [1.807, 2.05) is 0 Å². The minimum atomic E-state index is -2.95. The van der Waals surface area contributed by atoms with E-state index in [-0.39, 0.29) is 4.77 Å². The summed E-state index contributed by atoms with van der Waals surface area (Å²) in [7, 11) is 0. The molecule has 0 amide bonds. The van der Waals surface area contributed by atoms with Crippen LogP contribution in [0, 0.1) is 4.77 Å². The quantitative estimate of drug-likeness (QED) is 0.620. The lowest BCUT2D eigenvalue weighted by Gasteiger charge is -2.02. The minimum absolute atomic E-state index is 0.0384. The molecule has 6 heteroatoms. The highest BCUT2D eigenvalue weighted by Gasteiger charge is 2.27. The molecule has 0 saturated carbocycles. The van der Waals surface area contributed by atoms with Crippen molar-refractivity contribution in [3.63, 3.8) is 0 Å². The number of rotatable bonds is 1. The van der Waals surface area contributed by atoms with E-state index < -0.39 is 11.7 Å². The number of aromatic amines is 2. The summed E-state index contributed by atoms with van der Waals surface area (Å²) in [6.45, 7) is 0.744. The predicted octanol–water partition coefficient (Wildman–Crippen LogP) is 1.58. The van der Waals surface area contributed by atoms with Gasteiger partial charge in [-0.05, 0) is 12.2 Å². The standard InChI is InChI=1S/C4H5F2N3S/c1-4(5,6)2-7-3(10)9-8-2/h1H3,(H2,7,8,9,10). The van der Waals surface area contributed by atoms with Crippen LogP contribution >= 0.6 is 12.2 Å². The number of hydrogen-bond acceptors (Lipinski definition) is 2. The first-order valence-electron chi connectivity index (χ1n) is 2.53. The van der Waals surface area contributed by atoms with Crippen LogP contribution in [-0.4, -0.2) is 15.2 Å². The number of H-pyrrole nitrogens is 2. The zero-order valence-corrected chi connectivity index (χ0v) is 5.93. The van der Waals surface area contributed by atoms with Crippen LogP contribution in [0.3, 0.4) is 0 Å². The maximum Gasteiger partial charge on any atom is 0.303 e. The minimum Gasteiger partial charge on any atom is -0.281 e. The van der Waals surface area contributed by atoms with E-state index in [1.165, 1.54) is 0 Å². The van der Waals surface area contributed by atoms with Gasteiger partial charge in [0.15, 0.2) is 5.82 Å². The van der Waals surface area contributed by atoms with Crippen molar-refractivity contribution in [2.45, 2.75) is 12.8 Å². The molecular weight excluding hydrogens is 160 g/mol. The Hall–Kier alpha value is -0.780. The molecule has 1 heterocycles. The third-order valence-electron chi connectivity index (χ3n) is 0.917. The van der Waals surface area contributed by atoms with Crippen molar-refractivity contribution < 1.29 is 8.78 Å². The van der Waals surface area contributed by atoms with Crippen molar-refractivity contribution in [3.05, 3.63) is 10.6 Å². The SMILES string of the molecule is CC(F)(F)c1nc(=S)[nH][nH]1. The lowest BCUT2D eigenvalue weighted by atomic mass is 10.4. The van der Waals surface area contributed by atoms with E-state index in [0.29, 0.717) is 0 Å². The third kappa shape index (κ3) is 1.38. The summed E-state index contributed by atoms with van der Waals surface area (Å²) in [6.07, 6.45) is 0. The van der Waals surface area contributed by atoms with E-state index in [1.54, 1.807) is 0 Å². The maximum absolute atomic E-state index is 12.3. The van der Waals surface area contributed by atoms with Gasteiger partial charge in [-0.1, -0.05) is 0 Å². The number of aromatic nitrogens is 3. The summed E-state index contributed by atoms with van der Waals surface area (Å²) in [6, 6.07) is 0. The highest BCUT2D eigenvalue weighted by Crippen LogP contribution is 2.21. The van der Waals surface area contributed by atoms with Crippen LogP contribution in [0.4, 0.5) is 8.78 Å². The molecule has 0 spiro atoms. The Bertz CT molecular complexity index is 271. The lowest BCUT2D eigenvalue weighted by molar-refractivity contribution is 0.00806. The molecule has 0 atom stereocenters. The van der Waals surface area contributed by atoms with Crippen LogP contribution < -0.4 is 0 Å². The molecule has 56 valence electrons. The van der Waals surface area contributed by atoms with Gasteiger partial charge in [0.25, 0.3) is 0 Å². The van der Waals surface area contributed by atoms with Crippen molar-refractivity contribution in [1.82, 2.24) is 15.2 Å². The fourth-order valence-electron chi connectivity index (χ4n) is 0.478. The average Bonchev–Trinajstić information content (AvgIpc) is 2.11. The Kier molecular flexibility index (Phi) is 1.55. The zero-order chi connectivity index (χ0) is 7.78. The summed E-state index contributed by atoms with van der Waals surface area (Å²) < 4.78 is 24.7. The molecule has 0 radical (unpaired) electrons. The van der Waals surface area contributed by atoms with Gasteiger partial charge < -0.3 is 0 Å². The van der Waals surface area contributed by atoms with Crippen LogP contribution in [0.15, 0.2) is 0 Å². The van der Waals surface area contributed by atoms with Crippen LogP contribution in [0.25, 0.3) is 0 Å². The van der Waals surface area contributed by atoms with E-state index in [2.05, 4.69) is 27.4 Å². The average molecular weight is 165 g/mol. The third-order valence-corrected chi connectivity index (χ3v) is 1.11. The first kappa shape index (κ1) is 7.33. The Morgan fingerprint density at radius 1 is 1.50 bits per heavy atom. The van der Waals surface area contributed by atoms with Crippen molar-refractivity contribution in [2.24, 2.45) is 0 Å². The van der Waals surface area contributed by atoms with E-state index in [4.69, 9.17) is 0 Å². The van der Waals surface area contributed by atoms with Gasteiger partial charge in [-0.2, -0.15) is 13.8 Å². The summed E-state index contributed by atoms with van der Waals surface area (Å²) >= 11 is 4.47. The van der Waals surface area contributed by atoms with Gasteiger partial charge in [0.1, 0.15) is 0 Å². The molecule has 0 aliphatic carbocycles. The summed E-state index contributed by atoms with van der Waals surface area (Å²) in [5.41, 5.74) is 0. The van der Waals surface area contributed by atoms with Crippen molar-refractivity contribution in [2.75, 3.05) is 0 Å². The number of nitrogens with one attached hydrogen (secondary N) is 2. The fourth-order valence-corrected chi connectivity index (χ4v) is 0.620. The maximum atomic E-state index is 12.3. The summed E-state index contributed by atoms with van der Waals surface area (Å²) in [5.74, 6) is -3.38. The molecule has 0 unspecified atom stereocenters. The monoisotopic (exact) mass is 165 g/mol. The van der Waals surface area contributed by atoms with Crippen molar-refractivity contribution in [1.29, 1.82) is 0 Å². The molecule has 1 aromatic rings. The lowest BCUT2D eigenvalue weighted by Crippen LogP contribution is -2.09. The van der Waals surface area contributed by atoms with Gasteiger partial charge in [0.05, 0.1) is 0 Å². The van der Waals surface area contributed by atoms with Crippen LogP contribution in [-0.2, 0) is 5.92 Å². The van der Waals surface area contributed by atoms with E-state index in [0.717, 1.165) is 6.92 Å². The second-order valence-corrected chi connectivity index (χ2v) is 2.29. The Labute approximate surface area is 60.5 Å². The second kappa shape index (κ2) is 2.12. The Morgan fingerprint density at radius 3 is 2.30 bits per heavy atom. The first-order valence-corrected chi connectivity index (χ1v) is 2.94. The summed E-state index contributed by atoms with van der Waals surface area (Å²) in [5, 5.41) is 4.43. The van der Waals surface area contributed by atoms with Gasteiger partial charge in [-0.15, -0.1) is 0 Å². The van der Waals surface area contributed by atoms with Crippen LogP contribution in [0.1, 0.15) is 12.7 Å². The van der Waals surface area contributed by atoms with Crippen LogP contribution in [0.2, 0.25) is 0 Å². The molecule has 10 heavy (non-hydrogen) atoms. The smallest absolute Gasteiger partial charge is 0.281 e. The summed E-state index contributed by atoms with van der Waals surface area (Å²) in [4.78, 5) is 3.34. The van der Waals surface area contributed by atoms with E-state index >= 15 is 0 Å². The number of halogens is 2. The second-order valence-electron chi connectivity index (χ2n) is 1.90. The number of alkyl halides is 2.